The van der Waals surface area contributed by atoms with Crippen LogP contribution in [0.15, 0.2) is 57.8 Å². The van der Waals surface area contributed by atoms with Crippen molar-refractivity contribution in [3.63, 3.8) is 0 Å². The van der Waals surface area contributed by atoms with E-state index in [-0.39, 0.29) is 5.56 Å². The monoisotopic (exact) mass is 466 g/mol. The van der Waals surface area contributed by atoms with Crippen molar-refractivity contribution in [2.24, 2.45) is 0 Å². The molecule has 5 rings (SSSR count). The summed E-state index contributed by atoms with van der Waals surface area (Å²) in [5, 5.41) is 1.25. The number of thiophene rings is 1. The van der Waals surface area contributed by atoms with Gasteiger partial charge in [-0.25, -0.2) is 4.98 Å². The molecule has 2 aromatic heterocycles. The number of nitrogen functional groups attached to an aromatic ring is 1. The lowest BCUT2D eigenvalue weighted by molar-refractivity contribution is 0.243. The first-order valence-corrected chi connectivity index (χ1v) is 11.1. The standard InChI is InChI=1S/C22H19BrN4OS/c23-20-15-3-1-2-4-18(15)29-19(20)12-27-10-9-17-16(11-27)22(28)26-21(25-17)13-5-7-14(24)8-6-13/h1-8H,9-12,24H2,(H,25,26,28). The third-order valence-electron chi connectivity index (χ3n) is 5.30. The first kappa shape index (κ1) is 18.5. The zero-order valence-corrected chi connectivity index (χ0v) is 18.0. The van der Waals surface area contributed by atoms with E-state index < -0.39 is 0 Å². The number of hydrogen-bond donors (Lipinski definition) is 2. The van der Waals surface area contributed by atoms with E-state index in [2.05, 4.69) is 50.1 Å². The van der Waals surface area contributed by atoms with Gasteiger partial charge in [-0.3, -0.25) is 9.69 Å². The summed E-state index contributed by atoms with van der Waals surface area (Å²) in [5.74, 6) is 0.606. The number of aromatic amines is 1. The van der Waals surface area contributed by atoms with Crippen LogP contribution in [-0.2, 0) is 19.5 Å². The molecule has 3 heterocycles. The topological polar surface area (TPSA) is 75.0 Å². The Kier molecular flexibility index (Phi) is 4.73. The molecular formula is C22H19BrN4OS. The SMILES string of the molecule is Nc1ccc(-c2nc3c(c(=O)[nH]2)CN(Cc2sc4ccccc4c2Br)CC3)cc1. The van der Waals surface area contributed by atoms with Gasteiger partial charge in [-0.2, -0.15) is 0 Å². The molecule has 0 aliphatic carbocycles. The van der Waals surface area contributed by atoms with Gasteiger partial charge in [-0.1, -0.05) is 18.2 Å². The maximum atomic E-state index is 12.8. The van der Waals surface area contributed by atoms with Crippen molar-refractivity contribution in [2.75, 3.05) is 12.3 Å². The summed E-state index contributed by atoms with van der Waals surface area (Å²) in [6.45, 7) is 2.31. The maximum absolute atomic E-state index is 12.8. The van der Waals surface area contributed by atoms with Crippen LogP contribution in [0.2, 0.25) is 0 Å². The van der Waals surface area contributed by atoms with Crippen LogP contribution in [0.25, 0.3) is 21.5 Å². The Bertz CT molecular complexity index is 1260. The Morgan fingerprint density at radius 2 is 1.97 bits per heavy atom. The fourth-order valence-corrected chi connectivity index (χ4v) is 5.75. The number of H-pyrrole nitrogens is 1. The zero-order chi connectivity index (χ0) is 20.0. The number of anilines is 1. The zero-order valence-electron chi connectivity index (χ0n) is 15.6. The maximum Gasteiger partial charge on any atom is 0.255 e. The summed E-state index contributed by atoms with van der Waals surface area (Å²) in [5.41, 5.74) is 8.93. The van der Waals surface area contributed by atoms with Crippen LogP contribution < -0.4 is 11.3 Å². The number of fused-ring (bicyclic) bond motifs is 2. The summed E-state index contributed by atoms with van der Waals surface area (Å²) in [7, 11) is 0. The van der Waals surface area contributed by atoms with Crippen LogP contribution >= 0.6 is 27.3 Å². The third kappa shape index (κ3) is 3.50. The highest BCUT2D eigenvalue weighted by Gasteiger charge is 2.23. The molecule has 4 aromatic rings. The number of nitrogens with zero attached hydrogens (tertiary/aromatic N) is 2. The largest absolute Gasteiger partial charge is 0.399 e. The van der Waals surface area contributed by atoms with E-state index in [1.165, 1.54) is 15.0 Å². The predicted molar refractivity (Wildman–Crippen MR) is 122 cm³/mol. The second kappa shape index (κ2) is 7.40. The molecule has 5 nitrogen and oxygen atoms in total. The van der Waals surface area contributed by atoms with Crippen molar-refractivity contribution in [1.82, 2.24) is 14.9 Å². The van der Waals surface area contributed by atoms with Gasteiger partial charge in [-0.15, -0.1) is 11.3 Å². The molecule has 0 spiro atoms. The number of nitrogens with one attached hydrogen (secondary N) is 1. The average molecular weight is 467 g/mol. The van der Waals surface area contributed by atoms with E-state index in [1.54, 1.807) is 11.3 Å². The fourth-order valence-electron chi connectivity index (χ4n) is 3.76. The Morgan fingerprint density at radius 3 is 2.76 bits per heavy atom. The van der Waals surface area contributed by atoms with Crippen molar-refractivity contribution in [3.8, 4) is 11.4 Å². The molecule has 0 radical (unpaired) electrons. The van der Waals surface area contributed by atoms with Crippen LogP contribution in [0, 0.1) is 0 Å². The van der Waals surface area contributed by atoms with Gasteiger partial charge in [-0.05, 0) is 46.3 Å². The van der Waals surface area contributed by atoms with Gasteiger partial charge in [0, 0.05) is 56.7 Å². The smallest absolute Gasteiger partial charge is 0.255 e. The lowest BCUT2D eigenvalue weighted by Crippen LogP contribution is -2.35. The van der Waals surface area contributed by atoms with E-state index in [1.807, 2.05) is 24.3 Å². The summed E-state index contributed by atoms with van der Waals surface area (Å²) < 4.78 is 2.44. The number of hydrogen-bond acceptors (Lipinski definition) is 5. The van der Waals surface area contributed by atoms with Gasteiger partial charge in [0.2, 0.25) is 0 Å². The lowest BCUT2D eigenvalue weighted by Gasteiger charge is -2.27. The molecule has 29 heavy (non-hydrogen) atoms. The van der Waals surface area contributed by atoms with Gasteiger partial charge in [0.25, 0.3) is 5.56 Å². The molecule has 0 saturated carbocycles. The molecule has 0 amide bonds. The number of aromatic nitrogens is 2. The van der Waals surface area contributed by atoms with Gasteiger partial charge in [0.15, 0.2) is 0 Å². The van der Waals surface area contributed by atoms with Gasteiger partial charge >= 0.3 is 0 Å². The summed E-state index contributed by atoms with van der Waals surface area (Å²) in [6.07, 6.45) is 0.768. The van der Waals surface area contributed by atoms with Crippen LogP contribution in [0.3, 0.4) is 0 Å². The molecule has 0 unspecified atom stereocenters. The van der Waals surface area contributed by atoms with Crippen LogP contribution in [0.1, 0.15) is 16.1 Å². The second-order valence-corrected chi connectivity index (χ2v) is 9.19. The van der Waals surface area contributed by atoms with E-state index in [4.69, 9.17) is 10.7 Å². The van der Waals surface area contributed by atoms with Crippen LogP contribution in [0.5, 0.6) is 0 Å². The Balaban J connectivity index is 1.41. The molecule has 146 valence electrons. The van der Waals surface area contributed by atoms with Gasteiger partial charge < -0.3 is 10.7 Å². The molecule has 3 N–H and O–H groups in total. The molecule has 0 atom stereocenters. The Labute approximate surface area is 180 Å². The van der Waals surface area contributed by atoms with Crippen molar-refractivity contribution in [2.45, 2.75) is 19.5 Å². The normalized spacial score (nSPS) is 14.2. The highest BCUT2D eigenvalue weighted by atomic mass is 79.9. The van der Waals surface area contributed by atoms with Crippen LogP contribution in [0.4, 0.5) is 5.69 Å². The quantitative estimate of drug-likeness (QED) is 0.434. The third-order valence-corrected chi connectivity index (χ3v) is 7.62. The molecule has 1 aliphatic heterocycles. The van der Waals surface area contributed by atoms with E-state index in [9.17, 15) is 4.79 Å². The van der Waals surface area contributed by atoms with Crippen LogP contribution in [-0.4, -0.2) is 21.4 Å². The summed E-state index contributed by atoms with van der Waals surface area (Å²) >= 11 is 5.56. The average Bonchev–Trinajstić information content (AvgIpc) is 3.04. The minimum atomic E-state index is -0.0538. The minimum Gasteiger partial charge on any atom is -0.399 e. The van der Waals surface area contributed by atoms with Gasteiger partial charge in [0.05, 0.1) is 11.3 Å². The molecule has 0 bridgehead atoms. The Hall–Kier alpha value is -2.48. The molecule has 7 heteroatoms. The van der Waals surface area contributed by atoms with Gasteiger partial charge in [0.1, 0.15) is 5.82 Å². The fraction of sp³-hybridized carbons (Fsp3) is 0.182. The molecule has 2 aromatic carbocycles. The molecule has 0 saturated heterocycles. The number of halogens is 1. The number of nitrogens with two attached hydrogens (primary N) is 1. The molecule has 0 fully saturated rings. The first-order valence-electron chi connectivity index (χ1n) is 9.45. The van der Waals surface area contributed by atoms with Crippen molar-refractivity contribution in [1.29, 1.82) is 0 Å². The molecule has 1 aliphatic rings. The van der Waals surface area contributed by atoms with Crippen molar-refractivity contribution >= 4 is 43.0 Å². The first-order chi connectivity index (χ1) is 14.1. The lowest BCUT2D eigenvalue weighted by atomic mass is 10.1. The van der Waals surface area contributed by atoms with E-state index in [0.717, 1.165) is 40.8 Å². The Morgan fingerprint density at radius 1 is 1.17 bits per heavy atom. The summed E-state index contributed by atoms with van der Waals surface area (Å²) in [6, 6.07) is 15.8. The van der Waals surface area contributed by atoms with E-state index in [0.29, 0.717) is 18.1 Å². The number of rotatable bonds is 3. The predicted octanol–water partition coefficient (Wildman–Crippen LogP) is 4.55. The second-order valence-electron chi connectivity index (χ2n) is 7.26. The van der Waals surface area contributed by atoms with E-state index >= 15 is 0 Å². The van der Waals surface area contributed by atoms with Crippen molar-refractivity contribution in [3.05, 3.63) is 79.5 Å². The highest BCUT2D eigenvalue weighted by Crippen LogP contribution is 2.36. The highest BCUT2D eigenvalue weighted by molar-refractivity contribution is 9.10. The minimum absolute atomic E-state index is 0.0538. The summed E-state index contributed by atoms with van der Waals surface area (Å²) in [4.78, 5) is 24.1. The number of benzene rings is 2. The van der Waals surface area contributed by atoms with Crippen molar-refractivity contribution < 1.29 is 0 Å². The molecular weight excluding hydrogens is 448 g/mol.